The maximum Gasteiger partial charge on any atom is 0.257 e. The summed E-state index contributed by atoms with van der Waals surface area (Å²) in [6, 6.07) is 5.67. The zero-order chi connectivity index (χ0) is 13.0. The molecule has 0 aliphatic heterocycles. The monoisotopic (exact) mass is 248 g/mol. The lowest BCUT2D eigenvalue weighted by Crippen LogP contribution is -2.30. The standard InChI is InChI=1S/C14H20N2O2/c1-2-10-5-6-13(12(15)7-10)18-9-14(17)16-8-11-3-4-11/h5-7,11H,2-4,8-9,15H2,1H3,(H,16,17). The minimum atomic E-state index is -0.0825. The summed E-state index contributed by atoms with van der Waals surface area (Å²) in [6.45, 7) is 2.87. The molecule has 0 aromatic heterocycles. The summed E-state index contributed by atoms with van der Waals surface area (Å²) in [4.78, 5) is 11.5. The number of anilines is 1. The minimum Gasteiger partial charge on any atom is -0.482 e. The lowest BCUT2D eigenvalue weighted by atomic mass is 10.1. The van der Waals surface area contributed by atoms with E-state index >= 15 is 0 Å². The Kier molecular flexibility index (Phi) is 4.07. The van der Waals surface area contributed by atoms with Crippen LogP contribution in [0.15, 0.2) is 18.2 Å². The first-order chi connectivity index (χ1) is 8.69. The van der Waals surface area contributed by atoms with Crippen LogP contribution in [0.25, 0.3) is 0 Å². The molecule has 1 aliphatic carbocycles. The van der Waals surface area contributed by atoms with Gasteiger partial charge in [-0.15, -0.1) is 0 Å². The zero-order valence-corrected chi connectivity index (χ0v) is 10.7. The fraction of sp³-hybridized carbons (Fsp3) is 0.500. The van der Waals surface area contributed by atoms with Gasteiger partial charge in [-0.05, 0) is 42.9 Å². The third-order valence-electron chi connectivity index (χ3n) is 3.13. The van der Waals surface area contributed by atoms with E-state index in [0.717, 1.165) is 18.5 Å². The van der Waals surface area contributed by atoms with Crippen molar-refractivity contribution in [3.8, 4) is 5.75 Å². The van der Waals surface area contributed by atoms with Crippen molar-refractivity contribution in [1.82, 2.24) is 5.32 Å². The van der Waals surface area contributed by atoms with E-state index in [4.69, 9.17) is 10.5 Å². The summed E-state index contributed by atoms with van der Waals surface area (Å²) in [5.41, 5.74) is 7.61. The lowest BCUT2D eigenvalue weighted by molar-refractivity contribution is -0.123. The summed E-state index contributed by atoms with van der Waals surface area (Å²) in [6.07, 6.45) is 3.39. The molecule has 2 rings (SSSR count). The Hall–Kier alpha value is -1.71. The molecule has 1 aromatic carbocycles. The van der Waals surface area contributed by atoms with Crippen LogP contribution >= 0.6 is 0 Å². The van der Waals surface area contributed by atoms with Gasteiger partial charge in [0.15, 0.2) is 6.61 Å². The van der Waals surface area contributed by atoms with Crippen molar-refractivity contribution < 1.29 is 9.53 Å². The zero-order valence-electron chi connectivity index (χ0n) is 10.7. The summed E-state index contributed by atoms with van der Waals surface area (Å²) in [7, 11) is 0. The Bertz CT molecular complexity index is 428. The van der Waals surface area contributed by atoms with Crippen molar-refractivity contribution in [1.29, 1.82) is 0 Å². The predicted octanol–water partition coefficient (Wildman–Crippen LogP) is 1.74. The van der Waals surface area contributed by atoms with Gasteiger partial charge in [0.05, 0.1) is 5.69 Å². The molecular formula is C14H20N2O2. The fourth-order valence-corrected chi connectivity index (χ4v) is 1.72. The number of amides is 1. The summed E-state index contributed by atoms with van der Waals surface area (Å²) in [5.74, 6) is 1.18. The van der Waals surface area contributed by atoms with E-state index in [1.165, 1.54) is 12.8 Å². The number of aryl methyl sites for hydroxylation is 1. The molecule has 0 unspecified atom stereocenters. The third kappa shape index (κ3) is 3.65. The van der Waals surface area contributed by atoms with E-state index in [1.807, 2.05) is 18.2 Å². The van der Waals surface area contributed by atoms with E-state index < -0.39 is 0 Å². The number of ether oxygens (including phenoxy) is 1. The van der Waals surface area contributed by atoms with Crippen LogP contribution in [0.3, 0.4) is 0 Å². The van der Waals surface area contributed by atoms with Crippen LogP contribution in [0.1, 0.15) is 25.3 Å². The highest BCUT2D eigenvalue weighted by Gasteiger charge is 2.21. The van der Waals surface area contributed by atoms with Crippen LogP contribution in [-0.4, -0.2) is 19.1 Å². The van der Waals surface area contributed by atoms with Gasteiger partial charge in [0.1, 0.15) is 5.75 Å². The Morgan fingerprint density at radius 1 is 1.50 bits per heavy atom. The second-order valence-electron chi connectivity index (χ2n) is 4.76. The van der Waals surface area contributed by atoms with E-state index in [9.17, 15) is 4.79 Å². The van der Waals surface area contributed by atoms with Gasteiger partial charge in [0.2, 0.25) is 0 Å². The molecular weight excluding hydrogens is 228 g/mol. The number of rotatable bonds is 6. The molecule has 1 aliphatic rings. The molecule has 0 bridgehead atoms. The SMILES string of the molecule is CCc1ccc(OCC(=O)NCC2CC2)c(N)c1. The van der Waals surface area contributed by atoms with Crippen molar-refractivity contribution in [3.05, 3.63) is 23.8 Å². The largest absolute Gasteiger partial charge is 0.482 e. The maximum absolute atomic E-state index is 11.5. The van der Waals surface area contributed by atoms with Gasteiger partial charge >= 0.3 is 0 Å². The number of nitrogens with one attached hydrogen (secondary N) is 1. The maximum atomic E-state index is 11.5. The highest BCUT2D eigenvalue weighted by atomic mass is 16.5. The highest BCUT2D eigenvalue weighted by molar-refractivity contribution is 5.77. The molecule has 0 atom stereocenters. The molecule has 1 aromatic rings. The number of carbonyl (C=O) groups is 1. The van der Waals surface area contributed by atoms with E-state index in [1.54, 1.807) is 0 Å². The third-order valence-corrected chi connectivity index (χ3v) is 3.13. The van der Waals surface area contributed by atoms with Crippen LogP contribution < -0.4 is 15.8 Å². The molecule has 98 valence electrons. The number of hydrogen-bond donors (Lipinski definition) is 2. The first-order valence-electron chi connectivity index (χ1n) is 6.47. The van der Waals surface area contributed by atoms with Crippen LogP contribution in [0.2, 0.25) is 0 Å². The van der Waals surface area contributed by atoms with Gasteiger partial charge < -0.3 is 15.8 Å². The molecule has 0 heterocycles. The molecule has 4 nitrogen and oxygen atoms in total. The minimum absolute atomic E-state index is 0.0302. The van der Waals surface area contributed by atoms with Gasteiger partial charge in [-0.2, -0.15) is 0 Å². The van der Waals surface area contributed by atoms with Gasteiger partial charge in [0.25, 0.3) is 5.91 Å². The number of nitrogens with two attached hydrogens (primary N) is 1. The summed E-state index contributed by atoms with van der Waals surface area (Å²) >= 11 is 0. The molecule has 1 amide bonds. The summed E-state index contributed by atoms with van der Waals surface area (Å²) in [5, 5.41) is 2.85. The van der Waals surface area contributed by atoms with E-state index in [2.05, 4.69) is 12.2 Å². The van der Waals surface area contributed by atoms with Crippen LogP contribution in [0.4, 0.5) is 5.69 Å². The molecule has 1 saturated carbocycles. The number of hydrogen-bond acceptors (Lipinski definition) is 3. The van der Waals surface area contributed by atoms with E-state index in [0.29, 0.717) is 17.4 Å². The smallest absolute Gasteiger partial charge is 0.257 e. The Morgan fingerprint density at radius 3 is 2.89 bits per heavy atom. The second kappa shape index (κ2) is 5.76. The van der Waals surface area contributed by atoms with Gasteiger partial charge in [-0.3, -0.25) is 4.79 Å². The van der Waals surface area contributed by atoms with Crippen molar-refractivity contribution in [2.75, 3.05) is 18.9 Å². The average Bonchev–Trinajstić information content (AvgIpc) is 3.18. The Labute approximate surface area is 108 Å². The fourth-order valence-electron chi connectivity index (χ4n) is 1.72. The molecule has 3 N–H and O–H groups in total. The van der Waals surface area contributed by atoms with Gasteiger partial charge in [-0.25, -0.2) is 0 Å². The Morgan fingerprint density at radius 2 is 2.28 bits per heavy atom. The highest BCUT2D eigenvalue weighted by Crippen LogP contribution is 2.27. The number of benzene rings is 1. The van der Waals surface area contributed by atoms with Gasteiger partial charge in [-0.1, -0.05) is 13.0 Å². The normalized spacial score (nSPS) is 14.3. The summed E-state index contributed by atoms with van der Waals surface area (Å²) < 4.78 is 5.41. The number of nitrogen functional groups attached to an aromatic ring is 1. The second-order valence-corrected chi connectivity index (χ2v) is 4.76. The molecule has 0 spiro atoms. The quantitative estimate of drug-likeness (QED) is 0.754. The average molecular weight is 248 g/mol. The number of carbonyl (C=O) groups excluding carboxylic acids is 1. The van der Waals surface area contributed by atoms with Crippen molar-refractivity contribution in [3.63, 3.8) is 0 Å². The predicted molar refractivity (Wildman–Crippen MR) is 71.5 cm³/mol. The van der Waals surface area contributed by atoms with Crippen molar-refractivity contribution in [2.45, 2.75) is 26.2 Å². The molecule has 0 saturated heterocycles. The molecule has 18 heavy (non-hydrogen) atoms. The Balaban J connectivity index is 1.79. The molecule has 1 fully saturated rings. The van der Waals surface area contributed by atoms with E-state index in [-0.39, 0.29) is 12.5 Å². The lowest BCUT2D eigenvalue weighted by Gasteiger charge is -2.10. The van der Waals surface area contributed by atoms with Crippen LogP contribution in [0, 0.1) is 5.92 Å². The first kappa shape index (κ1) is 12.7. The molecule has 0 radical (unpaired) electrons. The molecule has 4 heteroatoms. The van der Waals surface area contributed by atoms with Gasteiger partial charge in [0, 0.05) is 6.54 Å². The van der Waals surface area contributed by atoms with Crippen molar-refractivity contribution in [2.24, 2.45) is 5.92 Å². The topological polar surface area (TPSA) is 64.3 Å². The van der Waals surface area contributed by atoms with Crippen molar-refractivity contribution >= 4 is 11.6 Å². The first-order valence-corrected chi connectivity index (χ1v) is 6.47. The van der Waals surface area contributed by atoms with Crippen LogP contribution in [0.5, 0.6) is 5.75 Å². The van der Waals surface area contributed by atoms with Crippen LogP contribution in [-0.2, 0) is 11.2 Å².